The maximum Gasteiger partial charge on any atom is 0.135 e. The lowest BCUT2D eigenvalue weighted by Gasteiger charge is -1.69. The molecule has 0 rings (SSSR count). The molecule has 8 heavy (non-hydrogen) atoms. The van der Waals surface area contributed by atoms with Crippen molar-refractivity contribution in [3.8, 4) is 0 Å². The quantitative estimate of drug-likeness (QED) is 0.424. The predicted octanol–water partition coefficient (Wildman–Crippen LogP) is 0.760. The van der Waals surface area contributed by atoms with Crippen LogP contribution in [0.2, 0.25) is 0 Å². The summed E-state index contributed by atoms with van der Waals surface area (Å²) in [7, 11) is 0. The van der Waals surface area contributed by atoms with Crippen LogP contribution in [-0.2, 0) is 4.94 Å². The summed E-state index contributed by atoms with van der Waals surface area (Å²) < 4.78 is 0. The highest BCUT2D eigenvalue weighted by atomic mass is 35.5. The largest absolute Gasteiger partial charge is 0.238 e. The molecular formula is C2H3ClN4O. The topological polar surface area (TPSA) is 81.7 Å². The standard InChI is InChI=1S/C2H2N4O.ClH/c3-1-5-7-6-2-4;/h3-4H;1H. The van der Waals surface area contributed by atoms with E-state index in [1.807, 2.05) is 0 Å². The highest BCUT2D eigenvalue weighted by molar-refractivity contribution is 5.85. The van der Waals surface area contributed by atoms with Crippen molar-refractivity contribution in [3.05, 3.63) is 0 Å². The first-order valence-electron chi connectivity index (χ1n) is 1.31. The zero-order valence-corrected chi connectivity index (χ0v) is 4.53. The molecule has 5 nitrogen and oxygen atoms in total. The monoisotopic (exact) mass is 134 g/mol. The molecular weight excluding hydrogens is 132 g/mol. The highest BCUT2D eigenvalue weighted by Gasteiger charge is 1.57. The van der Waals surface area contributed by atoms with Gasteiger partial charge in [-0.1, -0.05) is 0 Å². The number of nitrogens with zero attached hydrogens (tertiary/aromatic N) is 2. The minimum Gasteiger partial charge on any atom is -0.238 e. The molecule has 0 aliphatic carbocycles. The maximum absolute atomic E-state index is 6.09. The van der Waals surface area contributed by atoms with E-state index in [9.17, 15) is 0 Å². The summed E-state index contributed by atoms with van der Waals surface area (Å²) in [5.41, 5.74) is 0. The molecule has 6 heteroatoms. The fourth-order valence-electron chi connectivity index (χ4n) is 0.0612. The molecule has 0 saturated heterocycles. The van der Waals surface area contributed by atoms with Gasteiger partial charge in [0.15, 0.2) is 0 Å². The number of hydrogen-bond acceptors (Lipinski definition) is 5. The molecule has 0 amide bonds. The van der Waals surface area contributed by atoms with Crippen LogP contribution in [-0.4, -0.2) is 12.0 Å². The van der Waals surface area contributed by atoms with Gasteiger partial charge in [-0.25, -0.2) is 15.8 Å². The van der Waals surface area contributed by atoms with Gasteiger partial charge in [0.25, 0.3) is 0 Å². The first kappa shape index (κ1) is 9.97. The van der Waals surface area contributed by atoms with Crippen molar-refractivity contribution in [2.45, 2.75) is 0 Å². The van der Waals surface area contributed by atoms with Gasteiger partial charge in [0, 0.05) is 10.3 Å². The normalized spacial score (nSPS) is 4.50. The van der Waals surface area contributed by atoms with Crippen molar-refractivity contribution in [2.24, 2.45) is 10.3 Å². The molecule has 0 bridgehead atoms. The zero-order valence-electron chi connectivity index (χ0n) is 3.71. The fraction of sp³-hybridized carbons (Fsp3) is 0. The molecule has 0 fully saturated rings. The van der Waals surface area contributed by atoms with Crippen LogP contribution in [0, 0.1) is 10.8 Å². The first-order chi connectivity index (χ1) is 3.41. The van der Waals surface area contributed by atoms with E-state index in [0.29, 0.717) is 0 Å². The van der Waals surface area contributed by atoms with Crippen molar-refractivity contribution in [1.29, 1.82) is 10.8 Å². The third kappa shape index (κ3) is 8.85. The van der Waals surface area contributed by atoms with Gasteiger partial charge in [0.1, 0.15) is 12.0 Å². The average Bonchev–Trinajstić information content (AvgIpc) is 1.69. The van der Waals surface area contributed by atoms with Gasteiger partial charge in [-0.15, -0.1) is 12.4 Å². The van der Waals surface area contributed by atoms with E-state index >= 15 is 0 Å². The summed E-state index contributed by atoms with van der Waals surface area (Å²) in [6, 6.07) is 3.08. The van der Waals surface area contributed by atoms with E-state index in [0.717, 1.165) is 0 Å². The summed E-state index contributed by atoms with van der Waals surface area (Å²) in [6.07, 6.45) is 0. The van der Waals surface area contributed by atoms with Crippen LogP contribution >= 0.6 is 12.4 Å². The molecule has 0 radical (unpaired) electrons. The van der Waals surface area contributed by atoms with Gasteiger partial charge in [-0.3, -0.25) is 0 Å². The van der Waals surface area contributed by atoms with Gasteiger partial charge in [0.2, 0.25) is 0 Å². The Balaban J connectivity index is 0. The second-order valence-electron chi connectivity index (χ2n) is 0.488. The molecule has 0 saturated carbocycles. The summed E-state index contributed by atoms with van der Waals surface area (Å²) in [4.78, 5) is 3.78. The first-order valence-corrected chi connectivity index (χ1v) is 1.31. The van der Waals surface area contributed by atoms with Crippen molar-refractivity contribution in [2.75, 3.05) is 0 Å². The molecule has 0 aliphatic heterocycles. The maximum atomic E-state index is 6.09. The third-order valence-corrected chi connectivity index (χ3v) is 0.173. The Labute approximate surface area is 51.4 Å². The molecule has 44 valence electrons. The lowest BCUT2D eigenvalue weighted by molar-refractivity contribution is 0.159. The van der Waals surface area contributed by atoms with E-state index in [2.05, 4.69) is 15.2 Å². The molecule has 0 unspecified atom stereocenters. The van der Waals surface area contributed by atoms with Gasteiger partial charge < -0.3 is 0 Å². The molecule has 0 aromatic heterocycles. The van der Waals surface area contributed by atoms with Gasteiger partial charge >= 0.3 is 0 Å². The number of hydrogen-bond donors (Lipinski definition) is 2. The number of halogens is 1. The van der Waals surface area contributed by atoms with Crippen LogP contribution in [0.1, 0.15) is 0 Å². The second kappa shape index (κ2) is 9.28. The number of nitrogens with one attached hydrogen (secondary N) is 2. The Morgan fingerprint density at radius 2 is 1.50 bits per heavy atom. The van der Waals surface area contributed by atoms with Crippen LogP contribution in [0.3, 0.4) is 0 Å². The highest BCUT2D eigenvalue weighted by Crippen LogP contribution is 1.66. The molecule has 2 N–H and O–H groups in total. The summed E-state index contributed by atoms with van der Waals surface area (Å²) in [6.45, 7) is 0. The van der Waals surface area contributed by atoms with E-state index in [1.165, 1.54) is 12.0 Å². The molecule has 0 aliphatic rings. The predicted molar refractivity (Wildman–Crippen MR) is 28.6 cm³/mol. The molecule has 0 spiro atoms. The Morgan fingerprint density at radius 3 is 1.75 bits per heavy atom. The second-order valence-corrected chi connectivity index (χ2v) is 0.488. The SMILES string of the molecule is Cl.N=C=NON=C=N. The molecule has 0 heterocycles. The van der Waals surface area contributed by atoms with Gasteiger partial charge in [0.05, 0.1) is 0 Å². The van der Waals surface area contributed by atoms with Crippen LogP contribution in [0.5, 0.6) is 0 Å². The van der Waals surface area contributed by atoms with Crippen molar-refractivity contribution in [1.82, 2.24) is 0 Å². The fourth-order valence-corrected chi connectivity index (χ4v) is 0.0612. The average molecular weight is 135 g/mol. The van der Waals surface area contributed by atoms with Crippen molar-refractivity contribution < 1.29 is 4.94 Å². The smallest absolute Gasteiger partial charge is 0.135 e. The lowest BCUT2D eigenvalue weighted by atomic mass is 11.6. The Hall–Kier alpha value is -1.15. The summed E-state index contributed by atoms with van der Waals surface area (Å²) in [5, 5.41) is 17.6. The van der Waals surface area contributed by atoms with E-state index in [-0.39, 0.29) is 12.4 Å². The molecule has 0 aromatic carbocycles. The van der Waals surface area contributed by atoms with E-state index in [1.54, 1.807) is 0 Å². The van der Waals surface area contributed by atoms with Crippen LogP contribution < -0.4 is 0 Å². The minimum absolute atomic E-state index is 0. The third-order valence-electron chi connectivity index (χ3n) is 0.173. The molecule has 0 atom stereocenters. The van der Waals surface area contributed by atoms with E-state index < -0.39 is 0 Å². The Bertz CT molecular complexity index is 117. The lowest BCUT2D eigenvalue weighted by Crippen LogP contribution is -1.60. The summed E-state index contributed by atoms with van der Waals surface area (Å²) in [5.74, 6) is 0. The van der Waals surface area contributed by atoms with Crippen LogP contribution in [0.25, 0.3) is 0 Å². The minimum atomic E-state index is 0. The van der Waals surface area contributed by atoms with Gasteiger partial charge in [-0.05, 0) is 0 Å². The van der Waals surface area contributed by atoms with Gasteiger partial charge in [-0.2, -0.15) is 0 Å². The molecule has 0 aromatic rings. The summed E-state index contributed by atoms with van der Waals surface area (Å²) >= 11 is 0. The Kier molecular flexibility index (Phi) is 11.6. The van der Waals surface area contributed by atoms with Crippen LogP contribution in [0.15, 0.2) is 10.3 Å². The van der Waals surface area contributed by atoms with Crippen molar-refractivity contribution >= 4 is 24.4 Å². The van der Waals surface area contributed by atoms with Crippen molar-refractivity contribution in [3.63, 3.8) is 0 Å². The Morgan fingerprint density at radius 1 is 1.12 bits per heavy atom. The zero-order chi connectivity index (χ0) is 5.54. The number of rotatable bonds is 2. The van der Waals surface area contributed by atoms with Crippen LogP contribution in [0.4, 0.5) is 0 Å². The van der Waals surface area contributed by atoms with E-state index in [4.69, 9.17) is 10.8 Å².